The van der Waals surface area contributed by atoms with Crippen molar-refractivity contribution in [3.63, 3.8) is 0 Å². The zero-order valence-corrected chi connectivity index (χ0v) is 21.5. The van der Waals surface area contributed by atoms with Crippen molar-refractivity contribution in [3.05, 3.63) is 118 Å². The molecule has 1 aliphatic rings. The Morgan fingerprint density at radius 3 is 2.17 bits per heavy atom. The number of aryl methyl sites for hydroxylation is 1. The number of ketones is 1. The van der Waals surface area contributed by atoms with Crippen molar-refractivity contribution in [2.45, 2.75) is 38.2 Å². The molecule has 3 aromatic carbocycles. The molecule has 1 unspecified atom stereocenters. The predicted octanol–water partition coefficient (Wildman–Crippen LogP) is 8.46. The summed E-state index contributed by atoms with van der Waals surface area (Å²) >= 11 is 0. The van der Waals surface area contributed by atoms with E-state index in [0.29, 0.717) is 48.7 Å². The van der Waals surface area contributed by atoms with Gasteiger partial charge in [-0.3, -0.25) is 4.79 Å². The topological polar surface area (TPSA) is 35.5 Å². The van der Waals surface area contributed by atoms with Crippen LogP contribution < -0.4 is 4.74 Å². The van der Waals surface area contributed by atoms with Crippen LogP contribution in [0.2, 0.25) is 0 Å². The number of halogens is 6. The second kappa shape index (κ2) is 11.6. The summed E-state index contributed by atoms with van der Waals surface area (Å²) in [5, 5.41) is 0. The highest BCUT2D eigenvalue weighted by Crippen LogP contribution is 2.38. The molecule has 3 aromatic rings. The fourth-order valence-electron chi connectivity index (χ4n) is 4.55. The number of allylic oxidation sites excluding steroid dienone is 1. The average molecular weight is 561 g/mol. The van der Waals surface area contributed by atoms with Crippen LogP contribution in [0.5, 0.6) is 5.75 Å². The molecule has 40 heavy (non-hydrogen) atoms. The molecular formula is C31H26F6O3. The minimum atomic E-state index is -4.94. The maximum absolute atomic E-state index is 13.2. The van der Waals surface area contributed by atoms with E-state index >= 15 is 0 Å². The Hall–Kier alpha value is -4.01. The molecule has 4 rings (SSSR count). The monoisotopic (exact) mass is 560 g/mol. The van der Waals surface area contributed by atoms with E-state index in [1.807, 2.05) is 30.3 Å². The Labute approximate surface area is 227 Å². The summed E-state index contributed by atoms with van der Waals surface area (Å²) in [5.74, 6) is 0.0601. The fourth-order valence-corrected chi connectivity index (χ4v) is 4.55. The van der Waals surface area contributed by atoms with Crippen LogP contribution in [0.3, 0.4) is 0 Å². The van der Waals surface area contributed by atoms with Gasteiger partial charge in [0.15, 0.2) is 5.78 Å². The van der Waals surface area contributed by atoms with Crippen LogP contribution in [0.25, 0.3) is 6.08 Å². The normalized spacial score (nSPS) is 15.7. The van der Waals surface area contributed by atoms with Gasteiger partial charge in [-0.15, -0.1) is 0 Å². The Kier molecular flexibility index (Phi) is 8.42. The fraction of sp³-hybridized carbons (Fsp3) is 0.258. The lowest BCUT2D eigenvalue weighted by atomic mass is 9.79. The molecule has 0 spiro atoms. The van der Waals surface area contributed by atoms with Crippen LogP contribution in [0.1, 0.15) is 50.2 Å². The van der Waals surface area contributed by atoms with Gasteiger partial charge in [-0.05, 0) is 84.0 Å². The van der Waals surface area contributed by atoms with Gasteiger partial charge < -0.3 is 9.47 Å². The first-order chi connectivity index (χ1) is 18.8. The molecule has 0 heterocycles. The van der Waals surface area contributed by atoms with Crippen molar-refractivity contribution in [1.29, 1.82) is 0 Å². The summed E-state index contributed by atoms with van der Waals surface area (Å²) in [6.07, 6.45) is -5.72. The average Bonchev–Trinajstić information content (AvgIpc) is 2.91. The van der Waals surface area contributed by atoms with E-state index in [1.165, 1.54) is 0 Å². The largest absolute Gasteiger partial charge is 0.497 e. The van der Waals surface area contributed by atoms with E-state index in [-0.39, 0.29) is 23.8 Å². The predicted molar refractivity (Wildman–Crippen MR) is 139 cm³/mol. The lowest BCUT2D eigenvalue weighted by Crippen LogP contribution is -2.25. The van der Waals surface area contributed by atoms with E-state index in [4.69, 9.17) is 9.47 Å². The highest BCUT2D eigenvalue weighted by Gasteiger charge is 2.37. The molecule has 0 amide bonds. The van der Waals surface area contributed by atoms with Crippen LogP contribution in [0.15, 0.2) is 79.1 Å². The molecule has 0 aliphatic heterocycles. The third-order valence-electron chi connectivity index (χ3n) is 6.71. The zero-order valence-electron chi connectivity index (χ0n) is 21.5. The first-order valence-corrected chi connectivity index (χ1v) is 12.4. The standard InChI is InChI=1S/C31H26F6O3/c1-19(39-2)3-4-20-5-7-21(8-6-20)18-40-27-11-12-28-23(16-27)9-10-24(29(28)38)13-22-14-25(30(32,33)34)17-26(15-22)31(35,36)37/h3-8,11-12,14-17,24H,1,9-10,13,18H2,2H3/b4-3+. The molecule has 210 valence electrons. The van der Waals surface area contributed by atoms with E-state index < -0.39 is 29.4 Å². The number of fused-ring (bicyclic) bond motifs is 1. The summed E-state index contributed by atoms with van der Waals surface area (Å²) < 4.78 is 90.3. The second-order valence-corrected chi connectivity index (χ2v) is 9.57. The number of hydrogen-bond acceptors (Lipinski definition) is 3. The van der Waals surface area contributed by atoms with Gasteiger partial charge in [0.05, 0.1) is 18.2 Å². The summed E-state index contributed by atoms with van der Waals surface area (Å²) in [7, 11) is 1.54. The number of carbonyl (C=O) groups excluding carboxylic acids is 1. The molecule has 1 atom stereocenters. The van der Waals surface area contributed by atoms with Gasteiger partial charge in [0, 0.05) is 11.5 Å². The van der Waals surface area contributed by atoms with Crippen LogP contribution in [-0.4, -0.2) is 12.9 Å². The molecular weight excluding hydrogens is 534 g/mol. The second-order valence-electron chi connectivity index (χ2n) is 9.57. The van der Waals surface area contributed by atoms with E-state index in [9.17, 15) is 31.1 Å². The van der Waals surface area contributed by atoms with Crippen LogP contribution in [0.4, 0.5) is 26.3 Å². The van der Waals surface area contributed by atoms with Crippen molar-refractivity contribution in [1.82, 2.24) is 0 Å². The van der Waals surface area contributed by atoms with Gasteiger partial charge >= 0.3 is 12.4 Å². The lowest BCUT2D eigenvalue weighted by molar-refractivity contribution is -0.143. The maximum Gasteiger partial charge on any atom is 0.416 e. The Morgan fingerprint density at radius 1 is 0.925 bits per heavy atom. The minimum Gasteiger partial charge on any atom is -0.497 e. The molecule has 0 saturated carbocycles. The zero-order chi connectivity index (χ0) is 29.1. The van der Waals surface area contributed by atoms with Crippen LogP contribution in [-0.2, 0) is 36.5 Å². The number of carbonyl (C=O) groups is 1. The quantitative estimate of drug-likeness (QED) is 0.158. The van der Waals surface area contributed by atoms with Crippen molar-refractivity contribution in [2.24, 2.45) is 5.92 Å². The van der Waals surface area contributed by atoms with Crippen molar-refractivity contribution in [3.8, 4) is 5.75 Å². The maximum atomic E-state index is 13.2. The van der Waals surface area contributed by atoms with E-state index in [0.717, 1.165) is 16.7 Å². The number of hydrogen-bond donors (Lipinski definition) is 0. The van der Waals surface area contributed by atoms with Crippen molar-refractivity contribution >= 4 is 11.9 Å². The Bertz CT molecular complexity index is 1390. The molecule has 0 saturated heterocycles. The number of Topliss-reactive ketones (excluding diaryl/α,β-unsaturated/α-hetero) is 1. The van der Waals surface area contributed by atoms with Gasteiger partial charge in [-0.2, -0.15) is 26.3 Å². The summed E-state index contributed by atoms with van der Waals surface area (Å²) in [5.41, 5.74) is 0.0864. The van der Waals surface area contributed by atoms with Gasteiger partial charge in [0.25, 0.3) is 0 Å². The molecule has 0 N–H and O–H groups in total. The summed E-state index contributed by atoms with van der Waals surface area (Å²) in [6, 6.07) is 14.1. The first-order valence-electron chi connectivity index (χ1n) is 12.4. The molecule has 0 radical (unpaired) electrons. The Balaban J connectivity index is 1.43. The van der Waals surface area contributed by atoms with Gasteiger partial charge in [-0.1, -0.05) is 36.9 Å². The van der Waals surface area contributed by atoms with Gasteiger partial charge in [-0.25, -0.2) is 0 Å². The number of ether oxygens (including phenoxy) is 2. The summed E-state index contributed by atoms with van der Waals surface area (Å²) in [4.78, 5) is 13.1. The number of alkyl halides is 6. The molecule has 9 heteroatoms. The SMILES string of the molecule is C=C(/C=C/c1ccc(COc2ccc3c(c2)CCC(Cc2cc(C(F)(F)F)cc(C(F)(F)F)c2)C3=O)cc1)OC. The number of rotatable bonds is 8. The highest BCUT2D eigenvalue weighted by atomic mass is 19.4. The number of benzene rings is 3. The molecule has 0 bridgehead atoms. The van der Waals surface area contributed by atoms with Gasteiger partial charge in [0.2, 0.25) is 0 Å². The van der Waals surface area contributed by atoms with Crippen molar-refractivity contribution in [2.75, 3.05) is 7.11 Å². The smallest absolute Gasteiger partial charge is 0.416 e. The third-order valence-corrected chi connectivity index (χ3v) is 6.71. The van der Waals surface area contributed by atoms with Gasteiger partial charge in [0.1, 0.15) is 18.1 Å². The molecule has 0 aromatic heterocycles. The van der Waals surface area contributed by atoms with E-state index in [2.05, 4.69) is 6.58 Å². The number of methoxy groups -OCH3 is 1. The van der Waals surface area contributed by atoms with Crippen LogP contribution >= 0.6 is 0 Å². The molecule has 3 nitrogen and oxygen atoms in total. The van der Waals surface area contributed by atoms with E-state index in [1.54, 1.807) is 31.4 Å². The summed E-state index contributed by atoms with van der Waals surface area (Å²) in [6.45, 7) is 4.02. The van der Waals surface area contributed by atoms with Crippen molar-refractivity contribution < 1.29 is 40.6 Å². The Morgan fingerprint density at radius 2 is 1.57 bits per heavy atom. The lowest BCUT2D eigenvalue weighted by Gasteiger charge is -2.24. The minimum absolute atomic E-state index is 0.0920. The highest BCUT2D eigenvalue weighted by molar-refractivity contribution is 6.00. The molecule has 1 aliphatic carbocycles. The first kappa shape index (κ1) is 29.0. The molecule has 0 fully saturated rings. The third kappa shape index (κ3) is 7.14. The van der Waals surface area contributed by atoms with Crippen LogP contribution in [0, 0.1) is 5.92 Å².